The molecule has 0 unspecified atom stereocenters. The van der Waals surface area contributed by atoms with E-state index >= 15 is 0 Å². The molecule has 3 aromatic carbocycles. The smallest absolute Gasteiger partial charge is 0.264 e. The second-order valence-corrected chi connectivity index (χ2v) is 10.5. The van der Waals surface area contributed by atoms with Gasteiger partial charge in [-0.05, 0) is 54.6 Å². The zero-order chi connectivity index (χ0) is 26.7. The molecule has 38 heavy (non-hydrogen) atoms. The Morgan fingerprint density at radius 2 is 1.45 bits per heavy atom. The van der Waals surface area contributed by atoms with E-state index in [0.29, 0.717) is 54.3 Å². The van der Waals surface area contributed by atoms with Gasteiger partial charge < -0.3 is 14.5 Å². The number of methoxy groups -OCH3 is 1. The van der Waals surface area contributed by atoms with Crippen molar-refractivity contribution in [1.82, 2.24) is 14.8 Å². The Morgan fingerprint density at radius 3 is 2.13 bits per heavy atom. The average Bonchev–Trinajstić information content (AvgIpc) is 2.96. The van der Waals surface area contributed by atoms with E-state index in [1.807, 2.05) is 0 Å². The first kappa shape index (κ1) is 25.2. The van der Waals surface area contributed by atoms with Crippen LogP contribution in [-0.2, 0) is 10.0 Å². The first-order valence-electron chi connectivity index (χ1n) is 12.0. The number of pyridine rings is 1. The molecule has 0 aliphatic carbocycles. The molecule has 2 heterocycles. The number of ether oxygens (including phenoxy) is 1. The summed E-state index contributed by atoms with van der Waals surface area (Å²) in [6, 6.07) is 21.8. The number of nitrogens with zero attached hydrogens (tertiary/aromatic N) is 3. The normalized spacial score (nSPS) is 13.8. The SMILES string of the molecule is COc1cccc(C(=O)N2CCN(C(=O)c3ccc(NS(=O)(=O)c4cccc5cccnc45)cc3)CC2)c1. The quantitative estimate of drug-likeness (QED) is 0.408. The highest BCUT2D eigenvalue weighted by atomic mass is 32.2. The van der Waals surface area contributed by atoms with Crippen LogP contribution in [0.2, 0.25) is 0 Å². The van der Waals surface area contributed by atoms with Crippen LogP contribution in [0, 0.1) is 0 Å². The molecule has 0 atom stereocenters. The van der Waals surface area contributed by atoms with Gasteiger partial charge in [0.15, 0.2) is 0 Å². The third-order valence-electron chi connectivity index (χ3n) is 6.44. The predicted molar refractivity (Wildman–Crippen MR) is 144 cm³/mol. The van der Waals surface area contributed by atoms with Crippen LogP contribution in [0.3, 0.4) is 0 Å². The Balaban J connectivity index is 1.22. The van der Waals surface area contributed by atoms with Crippen molar-refractivity contribution in [2.45, 2.75) is 4.90 Å². The maximum absolute atomic E-state index is 13.1. The van der Waals surface area contributed by atoms with Crippen LogP contribution >= 0.6 is 0 Å². The molecule has 1 aliphatic heterocycles. The highest BCUT2D eigenvalue weighted by Gasteiger charge is 2.26. The highest BCUT2D eigenvalue weighted by molar-refractivity contribution is 7.93. The Labute approximate surface area is 220 Å². The van der Waals surface area contributed by atoms with E-state index in [4.69, 9.17) is 4.74 Å². The van der Waals surface area contributed by atoms with E-state index in [1.165, 1.54) is 6.07 Å². The summed E-state index contributed by atoms with van der Waals surface area (Å²) in [4.78, 5) is 33.6. The lowest BCUT2D eigenvalue weighted by Gasteiger charge is -2.35. The number of rotatable bonds is 6. The van der Waals surface area contributed by atoms with Crippen LogP contribution in [0.4, 0.5) is 5.69 Å². The van der Waals surface area contributed by atoms with Crippen molar-refractivity contribution < 1.29 is 22.7 Å². The van der Waals surface area contributed by atoms with Crippen molar-refractivity contribution in [3.63, 3.8) is 0 Å². The average molecular weight is 531 g/mol. The minimum atomic E-state index is -3.89. The fourth-order valence-corrected chi connectivity index (χ4v) is 5.66. The summed E-state index contributed by atoms with van der Waals surface area (Å²) in [5.41, 5.74) is 1.70. The Kier molecular flexibility index (Phi) is 6.97. The van der Waals surface area contributed by atoms with Gasteiger partial charge in [0.2, 0.25) is 0 Å². The minimum absolute atomic E-state index is 0.0807. The summed E-state index contributed by atoms with van der Waals surface area (Å²) in [5, 5.41) is 0.724. The van der Waals surface area contributed by atoms with Crippen LogP contribution in [0.25, 0.3) is 10.9 Å². The van der Waals surface area contributed by atoms with Crippen LogP contribution in [0.15, 0.2) is 90.0 Å². The topological polar surface area (TPSA) is 109 Å². The standard InChI is InChI=1S/C28H26N4O5S/c1-37-24-8-2-6-22(19-24)28(34)32-17-15-31(16-18-32)27(33)21-10-12-23(13-11-21)30-38(35,36)25-9-3-5-20-7-4-14-29-26(20)25/h2-14,19,30H,15-18H2,1H3. The van der Waals surface area contributed by atoms with Gasteiger partial charge in [0, 0.05) is 54.6 Å². The molecule has 9 nitrogen and oxygen atoms in total. The number of hydrogen-bond donors (Lipinski definition) is 1. The first-order chi connectivity index (χ1) is 18.4. The van der Waals surface area contributed by atoms with Crippen molar-refractivity contribution in [2.75, 3.05) is 38.0 Å². The van der Waals surface area contributed by atoms with Crippen molar-refractivity contribution in [3.05, 3.63) is 96.2 Å². The largest absolute Gasteiger partial charge is 0.497 e. The summed E-state index contributed by atoms with van der Waals surface area (Å²) in [6.45, 7) is 1.63. The van der Waals surface area contributed by atoms with E-state index in [-0.39, 0.29) is 16.7 Å². The van der Waals surface area contributed by atoms with Gasteiger partial charge in [0.1, 0.15) is 10.6 Å². The fourth-order valence-electron chi connectivity index (χ4n) is 4.42. The van der Waals surface area contributed by atoms with Crippen LogP contribution in [0.1, 0.15) is 20.7 Å². The van der Waals surface area contributed by atoms with E-state index in [2.05, 4.69) is 9.71 Å². The lowest BCUT2D eigenvalue weighted by atomic mass is 10.1. The van der Waals surface area contributed by atoms with E-state index < -0.39 is 10.0 Å². The number of amides is 2. The second-order valence-electron chi connectivity index (χ2n) is 8.83. The fraction of sp³-hybridized carbons (Fsp3) is 0.179. The second kappa shape index (κ2) is 10.5. The minimum Gasteiger partial charge on any atom is -0.497 e. The number of para-hydroxylation sites is 1. The summed E-state index contributed by atoms with van der Waals surface area (Å²) in [6.07, 6.45) is 1.55. The number of benzene rings is 3. The molecule has 1 fully saturated rings. The third kappa shape index (κ3) is 5.16. The number of carbonyl (C=O) groups excluding carboxylic acids is 2. The molecule has 1 aromatic heterocycles. The number of carbonyl (C=O) groups is 2. The zero-order valence-electron chi connectivity index (χ0n) is 20.7. The summed E-state index contributed by atoms with van der Waals surface area (Å²) >= 11 is 0. The van der Waals surface area contributed by atoms with Crippen molar-refractivity contribution in [1.29, 1.82) is 0 Å². The number of sulfonamides is 1. The summed E-state index contributed by atoms with van der Waals surface area (Å²) < 4.78 is 33.8. The Hall–Kier alpha value is -4.44. The van der Waals surface area contributed by atoms with Gasteiger partial charge >= 0.3 is 0 Å². The molecule has 1 aliphatic rings. The lowest BCUT2D eigenvalue weighted by molar-refractivity contribution is 0.0535. The van der Waals surface area contributed by atoms with Crippen molar-refractivity contribution in [3.8, 4) is 5.75 Å². The van der Waals surface area contributed by atoms with Crippen LogP contribution in [0.5, 0.6) is 5.75 Å². The molecule has 1 N–H and O–H groups in total. The van der Waals surface area contributed by atoms with Gasteiger partial charge in [0.25, 0.3) is 21.8 Å². The molecule has 4 aromatic rings. The predicted octanol–water partition coefficient (Wildman–Crippen LogP) is 3.64. The van der Waals surface area contributed by atoms with Gasteiger partial charge in [-0.2, -0.15) is 0 Å². The first-order valence-corrected chi connectivity index (χ1v) is 13.5. The van der Waals surface area contributed by atoms with Gasteiger partial charge in [-0.25, -0.2) is 8.42 Å². The molecule has 0 radical (unpaired) electrons. The highest BCUT2D eigenvalue weighted by Crippen LogP contribution is 2.24. The maximum Gasteiger partial charge on any atom is 0.264 e. The Bertz CT molecular complexity index is 1590. The van der Waals surface area contributed by atoms with Crippen molar-refractivity contribution in [2.24, 2.45) is 0 Å². The molecule has 2 amide bonds. The van der Waals surface area contributed by atoms with Gasteiger partial charge in [-0.3, -0.25) is 19.3 Å². The molecule has 1 saturated heterocycles. The Morgan fingerprint density at radius 1 is 0.816 bits per heavy atom. The number of aromatic nitrogens is 1. The number of piperazine rings is 1. The number of fused-ring (bicyclic) bond motifs is 1. The monoisotopic (exact) mass is 530 g/mol. The van der Waals surface area contributed by atoms with Gasteiger partial charge in [-0.1, -0.05) is 24.3 Å². The van der Waals surface area contributed by atoms with Crippen molar-refractivity contribution >= 4 is 38.4 Å². The molecule has 0 bridgehead atoms. The van der Waals surface area contributed by atoms with Crippen LogP contribution < -0.4 is 9.46 Å². The molecule has 0 saturated carbocycles. The number of hydrogen-bond acceptors (Lipinski definition) is 6. The molecular formula is C28H26N4O5S. The van der Waals surface area contributed by atoms with E-state index in [1.54, 1.807) is 95.9 Å². The summed E-state index contributed by atoms with van der Waals surface area (Å²) in [7, 11) is -2.33. The zero-order valence-corrected chi connectivity index (χ0v) is 21.5. The van der Waals surface area contributed by atoms with Crippen LogP contribution in [-0.4, -0.2) is 68.3 Å². The van der Waals surface area contributed by atoms with Gasteiger partial charge in [-0.15, -0.1) is 0 Å². The number of anilines is 1. The molecule has 10 heteroatoms. The van der Waals surface area contributed by atoms with E-state index in [0.717, 1.165) is 5.39 Å². The third-order valence-corrected chi connectivity index (χ3v) is 7.85. The molecule has 0 spiro atoms. The number of nitrogens with one attached hydrogen (secondary N) is 1. The van der Waals surface area contributed by atoms with E-state index in [9.17, 15) is 18.0 Å². The summed E-state index contributed by atoms with van der Waals surface area (Å²) in [5.74, 6) is 0.337. The lowest BCUT2D eigenvalue weighted by Crippen LogP contribution is -2.50. The molecule has 194 valence electrons. The molecular weight excluding hydrogens is 504 g/mol. The maximum atomic E-state index is 13.1. The van der Waals surface area contributed by atoms with Gasteiger partial charge in [0.05, 0.1) is 12.6 Å². The molecule has 5 rings (SSSR count).